The Kier molecular flexibility index (Phi) is 4.71. The molecule has 21 heavy (non-hydrogen) atoms. The molecule has 1 fully saturated rings. The van der Waals surface area contributed by atoms with Gasteiger partial charge in [0.05, 0.1) is 11.6 Å². The Bertz CT molecular complexity index is 492. The minimum atomic E-state index is -0.325. The van der Waals surface area contributed by atoms with Gasteiger partial charge in [-0.3, -0.25) is 11.3 Å². The molecule has 3 N–H and O–H groups in total. The van der Waals surface area contributed by atoms with Crippen molar-refractivity contribution in [1.82, 2.24) is 5.43 Å². The number of nitrogens with one attached hydrogen (secondary N) is 1. The summed E-state index contributed by atoms with van der Waals surface area (Å²) in [7, 11) is 1.75. The number of methoxy groups -OCH3 is 1. The second-order valence-corrected chi connectivity index (χ2v) is 7.04. The number of aryl methyl sites for hydroxylation is 1. The molecule has 1 aromatic carbocycles. The van der Waals surface area contributed by atoms with Gasteiger partial charge in [0.1, 0.15) is 5.82 Å². The van der Waals surface area contributed by atoms with Gasteiger partial charge in [-0.2, -0.15) is 0 Å². The molecule has 1 aromatic rings. The van der Waals surface area contributed by atoms with Crippen LogP contribution in [-0.4, -0.2) is 12.7 Å². The predicted octanol–water partition coefficient (Wildman–Crippen LogP) is 3.62. The van der Waals surface area contributed by atoms with Crippen molar-refractivity contribution in [3.05, 3.63) is 35.1 Å². The second-order valence-electron chi connectivity index (χ2n) is 7.04. The Morgan fingerprint density at radius 1 is 1.24 bits per heavy atom. The first kappa shape index (κ1) is 16.4. The van der Waals surface area contributed by atoms with Crippen LogP contribution in [-0.2, 0) is 4.74 Å². The summed E-state index contributed by atoms with van der Waals surface area (Å²) in [6, 6.07) is 5.04. The summed E-state index contributed by atoms with van der Waals surface area (Å²) in [6.07, 6.45) is 4.09. The quantitative estimate of drug-likeness (QED) is 0.658. The van der Waals surface area contributed by atoms with Gasteiger partial charge in [-0.15, -0.1) is 0 Å². The zero-order valence-electron chi connectivity index (χ0n) is 13.5. The van der Waals surface area contributed by atoms with E-state index >= 15 is 0 Å². The molecule has 0 saturated heterocycles. The number of hydrogen-bond acceptors (Lipinski definition) is 3. The number of hydrazine groups is 1. The number of benzene rings is 1. The van der Waals surface area contributed by atoms with E-state index in [1.807, 2.05) is 6.07 Å². The van der Waals surface area contributed by atoms with Gasteiger partial charge < -0.3 is 4.74 Å². The van der Waals surface area contributed by atoms with E-state index in [1.54, 1.807) is 20.1 Å². The summed E-state index contributed by atoms with van der Waals surface area (Å²) in [5, 5.41) is 0. The highest BCUT2D eigenvalue weighted by atomic mass is 19.1. The van der Waals surface area contributed by atoms with Crippen LogP contribution in [0.3, 0.4) is 0 Å². The smallest absolute Gasteiger partial charge is 0.126 e. The maximum absolute atomic E-state index is 13.5. The van der Waals surface area contributed by atoms with Crippen LogP contribution >= 0.6 is 0 Å². The van der Waals surface area contributed by atoms with Gasteiger partial charge in [0.15, 0.2) is 0 Å². The highest BCUT2D eigenvalue weighted by molar-refractivity contribution is 5.29. The fourth-order valence-corrected chi connectivity index (χ4v) is 3.36. The molecule has 0 aliphatic heterocycles. The van der Waals surface area contributed by atoms with Crippen molar-refractivity contribution >= 4 is 0 Å². The molecule has 118 valence electrons. The van der Waals surface area contributed by atoms with Gasteiger partial charge in [-0.05, 0) is 55.2 Å². The molecule has 0 spiro atoms. The molecular weight excluding hydrogens is 267 g/mol. The number of halogens is 1. The van der Waals surface area contributed by atoms with Crippen molar-refractivity contribution < 1.29 is 9.13 Å². The minimum absolute atomic E-state index is 0.127. The summed E-state index contributed by atoms with van der Waals surface area (Å²) in [4.78, 5) is 0. The van der Waals surface area contributed by atoms with Crippen LogP contribution in [0, 0.1) is 18.2 Å². The van der Waals surface area contributed by atoms with Gasteiger partial charge in [-0.25, -0.2) is 4.39 Å². The monoisotopic (exact) mass is 294 g/mol. The molecule has 1 aliphatic carbocycles. The van der Waals surface area contributed by atoms with Crippen LogP contribution in [0.2, 0.25) is 0 Å². The fraction of sp³-hybridized carbons (Fsp3) is 0.647. The van der Waals surface area contributed by atoms with Gasteiger partial charge in [0, 0.05) is 7.11 Å². The second kappa shape index (κ2) is 6.03. The van der Waals surface area contributed by atoms with Crippen molar-refractivity contribution in [3.8, 4) is 0 Å². The van der Waals surface area contributed by atoms with Crippen LogP contribution < -0.4 is 11.3 Å². The summed E-state index contributed by atoms with van der Waals surface area (Å²) in [5.41, 5.74) is 4.55. The lowest BCUT2D eigenvalue weighted by Gasteiger charge is -2.47. The van der Waals surface area contributed by atoms with E-state index < -0.39 is 0 Å². The van der Waals surface area contributed by atoms with Crippen molar-refractivity contribution in [2.45, 2.75) is 58.1 Å². The third-order valence-electron chi connectivity index (χ3n) is 5.06. The van der Waals surface area contributed by atoms with Gasteiger partial charge in [0.2, 0.25) is 0 Å². The summed E-state index contributed by atoms with van der Waals surface area (Å²) < 4.78 is 19.4. The highest BCUT2D eigenvalue weighted by Crippen LogP contribution is 2.47. The van der Waals surface area contributed by atoms with Crippen LogP contribution in [0.4, 0.5) is 4.39 Å². The molecule has 4 heteroatoms. The van der Waals surface area contributed by atoms with Gasteiger partial charge in [0.25, 0.3) is 0 Å². The normalized spacial score (nSPS) is 22.0. The molecule has 0 aromatic heterocycles. The van der Waals surface area contributed by atoms with E-state index in [4.69, 9.17) is 10.6 Å². The molecule has 1 unspecified atom stereocenters. The molecule has 1 aliphatic rings. The first-order valence-electron chi connectivity index (χ1n) is 7.61. The topological polar surface area (TPSA) is 47.3 Å². The summed E-state index contributed by atoms with van der Waals surface area (Å²) >= 11 is 0. The maximum Gasteiger partial charge on any atom is 0.126 e. The lowest BCUT2D eigenvalue weighted by Crippen LogP contribution is -2.51. The predicted molar refractivity (Wildman–Crippen MR) is 83.2 cm³/mol. The summed E-state index contributed by atoms with van der Waals surface area (Å²) in [6.45, 7) is 6.36. The van der Waals surface area contributed by atoms with Crippen LogP contribution in [0.1, 0.15) is 56.7 Å². The van der Waals surface area contributed by atoms with Crippen LogP contribution in [0.5, 0.6) is 0 Å². The Balaban J connectivity index is 2.31. The van der Waals surface area contributed by atoms with Crippen molar-refractivity contribution in [3.63, 3.8) is 0 Å². The average Bonchev–Trinajstić information content (AvgIpc) is 2.45. The Morgan fingerprint density at radius 3 is 2.33 bits per heavy atom. The van der Waals surface area contributed by atoms with Crippen LogP contribution in [0.25, 0.3) is 0 Å². The molecular formula is C17H27FN2O. The summed E-state index contributed by atoms with van der Waals surface area (Å²) in [5.74, 6) is 5.64. The van der Waals surface area contributed by atoms with Gasteiger partial charge in [-0.1, -0.05) is 26.0 Å². The van der Waals surface area contributed by atoms with E-state index in [9.17, 15) is 4.39 Å². The standard InChI is InChI=1S/C17H27FN2O/c1-12-11-13(5-6-14(12)18)15(20-19)17(21-4)9-7-16(2,3)8-10-17/h5-6,11,15,20H,7-10,19H2,1-4H3. The number of nitrogens with two attached hydrogens (primary N) is 1. The lowest BCUT2D eigenvalue weighted by molar-refractivity contribution is -0.0877. The molecule has 0 radical (unpaired) electrons. The third kappa shape index (κ3) is 3.28. The van der Waals surface area contributed by atoms with Crippen LogP contribution in [0.15, 0.2) is 18.2 Å². The number of ether oxygens (including phenoxy) is 1. The molecule has 0 bridgehead atoms. The molecule has 1 atom stereocenters. The molecule has 2 rings (SSSR count). The zero-order chi connectivity index (χ0) is 15.7. The molecule has 0 heterocycles. The SMILES string of the molecule is COC1(C(NN)c2ccc(F)c(C)c2)CCC(C)(C)CC1. The van der Waals surface area contributed by atoms with Gasteiger partial charge >= 0.3 is 0 Å². The first-order valence-corrected chi connectivity index (χ1v) is 7.61. The lowest BCUT2D eigenvalue weighted by atomic mass is 9.67. The number of hydrogen-bond donors (Lipinski definition) is 2. The molecule has 1 saturated carbocycles. The van der Waals surface area contributed by atoms with Crippen molar-refractivity contribution in [1.29, 1.82) is 0 Å². The fourth-order valence-electron chi connectivity index (χ4n) is 3.36. The van der Waals surface area contributed by atoms with E-state index in [0.717, 1.165) is 31.2 Å². The van der Waals surface area contributed by atoms with E-state index in [2.05, 4.69) is 19.3 Å². The largest absolute Gasteiger partial charge is 0.376 e. The van der Waals surface area contributed by atoms with E-state index in [-0.39, 0.29) is 17.5 Å². The van der Waals surface area contributed by atoms with E-state index in [1.165, 1.54) is 6.07 Å². The first-order chi connectivity index (χ1) is 9.83. The van der Waals surface area contributed by atoms with E-state index in [0.29, 0.717) is 11.0 Å². The zero-order valence-corrected chi connectivity index (χ0v) is 13.5. The average molecular weight is 294 g/mol. The maximum atomic E-state index is 13.5. The molecule has 0 amide bonds. The molecule has 3 nitrogen and oxygen atoms in total. The third-order valence-corrected chi connectivity index (χ3v) is 5.06. The minimum Gasteiger partial charge on any atom is -0.376 e. The van der Waals surface area contributed by atoms with Crippen molar-refractivity contribution in [2.75, 3.05) is 7.11 Å². The highest BCUT2D eigenvalue weighted by Gasteiger charge is 2.44. The number of rotatable bonds is 4. The van der Waals surface area contributed by atoms with Crippen molar-refractivity contribution in [2.24, 2.45) is 11.3 Å². The Hall–Kier alpha value is -0.970. The Labute approximate surface area is 127 Å². The Morgan fingerprint density at radius 2 is 1.86 bits per heavy atom.